The molecule has 1 fully saturated rings. The van der Waals surface area contributed by atoms with Crippen LogP contribution in [-0.2, 0) is 4.74 Å². The number of aromatic nitrogens is 2. The quantitative estimate of drug-likeness (QED) is 0.360. The van der Waals surface area contributed by atoms with E-state index in [1.807, 2.05) is 6.92 Å². The van der Waals surface area contributed by atoms with Crippen LogP contribution in [0.1, 0.15) is 24.6 Å². The van der Waals surface area contributed by atoms with Crippen molar-refractivity contribution in [3.8, 4) is 5.75 Å². The Morgan fingerprint density at radius 3 is 2.89 bits per heavy atom. The summed E-state index contributed by atoms with van der Waals surface area (Å²) in [5.41, 5.74) is 7.84. The molecule has 0 spiro atoms. The normalized spacial score (nSPS) is 17.5. The van der Waals surface area contributed by atoms with Crippen molar-refractivity contribution in [1.82, 2.24) is 9.97 Å². The van der Waals surface area contributed by atoms with Crippen LogP contribution in [0, 0.1) is 11.3 Å². The number of nitrogens with zero attached hydrogens (tertiary/aromatic N) is 3. The molecule has 2 heterocycles. The molecular formula is C20H27N5O3. The molecule has 0 bridgehead atoms. The van der Waals surface area contributed by atoms with E-state index in [0.717, 1.165) is 25.3 Å². The molecule has 0 aliphatic carbocycles. The lowest BCUT2D eigenvalue weighted by atomic mass is 10.0. The minimum absolute atomic E-state index is 0.213. The average molecular weight is 385 g/mol. The second-order valence-corrected chi connectivity index (χ2v) is 6.96. The zero-order chi connectivity index (χ0) is 20.1. The lowest BCUT2D eigenvalue weighted by molar-refractivity contribution is 0.136. The van der Waals surface area contributed by atoms with Crippen molar-refractivity contribution in [2.45, 2.75) is 19.4 Å². The Morgan fingerprint density at radius 1 is 1.36 bits per heavy atom. The monoisotopic (exact) mass is 385 g/mol. The fourth-order valence-corrected chi connectivity index (χ4v) is 3.27. The van der Waals surface area contributed by atoms with Crippen molar-refractivity contribution in [2.24, 2.45) is 5.92 Å². The summed E-state index contributed by atoms with van der Waals surface area (Å²) in [7, 11) is 1.62. The van der Waals surface area contributed by atoms with Gasteiger partial charge in [0.25, 0.3) is 0 Å². The number of nitrogens with one attached hydrogen (secondary N) is 1. The topological polar surface area (TPSA) is 118 Å². The highest BCUT2D eigenvalue weighted by atomic mass is 16.5. The maximum atomic E-state index is 9.82. The predicted molar refractivity (Wildman–Crippen MR) is 108 cm³/mol. The lowest BCUT2D eigenvalue weighted by Crippen LogP contribution is -2.25. The number of aliphatic hydroxyl groups is 1. The minimum atomic E-state index is -0.342. The van der Waals surface area contributed by atoms with Gasteiger partial charge in [0.1, 0.15) is 24.5 Å². The number of nitrogen functional groups attached to an aromatic ring is 1. The Labute approximate surface area is 164 Å². The molecule has 8 nitrogen and oxygen atoms in total. The molecule has 8 heteroatoms. The van der Waals surface area contributed by atoms with Crippen LogP contribution in [0.15, 0.2) is 30.6 Å². The number of benzene rings is 1. The first kappa shape index (κ1) is 20.0. The predicted octanol–water partition coefficient (Wildman–Crippen LogP) is 1.71. The summed E-state index contributed by atoms with van der Waals surface area (Å²) in [4.78, 5) is 10.7. The molecule has 3 rings (SSSR count). The molecule has 0 amide bonds. The number of hydrogen-bond donors (Lipinski definition) is 3. The highest BCUT2D eigenvalue weighted by molar-refractivity contribution is 6.13. The molecule has 2 aromatic rings. The van der Waals surface area contributed by atoms with Crippen LogP contribution < -0.4 is 15.4 Å². The van der Waals surface area contributed by atoms with Crippen molar-refractivity contribution < 1.29 is 14.6 Å². The Balaban J connectivity index is 1.79. The first-order valence-corrected chi connectivity index (χ1v) is 9.35. The van der Waals surface area contributed by atoms with Gasteiger partial charge in [-0.25, -0.2) is 9.97 Å². The van der Waals surface area contributed by atoms with E-state index in [-0.39, 0.29) is 17.7 Å². The van der Waals surface area contributed by atoms with E-state index in [2.05, 4.69) is 14.9 Å². The molecular weight excluding hydrogens is 358 g/mol. The number of rotatable bonds is 8. The van der Waals surface area contributed by atoms with Gasteiger partial charge in [-0.1, -0.05) is 0 Å². The zero-order valence-corrected chi connectivity index (χ0v) is 16.3. The summed E-state index contributed by atoms with van der Waals surface area (Å²) in [6.45, 7) is 4.29. The molecule has 1 aliphatic rings. The van der Waals surface area contributed by atoms with Gasteiger partial charge < -0.3 is 25.2 Å². The van der Waals surface area contributed by atoms with Crippen molar-refractivity contribution >= 4 is 17.2 Å². The molecule has 2 unspecified atom stereocenters. The van der Waals surface area contributed by atoms with Gasteiger partial charge in [0, 0.05) is 43.4 Å². The molecule has 1 aromatic carbocycles. The van der Waals surface area contributed by atoms with Gasteiger partial charge in [-0.3, -0.25) is 5.41 Å². The Hall–Kier alpha value is -2.71. The summed E-state index contributed by atoms with van der Waals surface area (Å²) in [6.07, 6.45) is 2.04. The Bertz CT molecular complexity index is 827. The van der Waals surface area contributed by atoms with Crippen LogP contribution in [0.4, 0.5) is 11.5 Å². The number of ether oxygens (including phenoxy) is 2. The van der Waals surface area contributed by atoms with Crippen molar-refractivity contribution in [2.75, 3.05) is 44.0 Å². The number of hydrogen-bond acceptors (Lipinski definition) is 8. The van der Waals surface area contributed by atoms with Crippen LogP contribution in [0.25, 0.3) is 0 Å². The molecule has 1 aliphatic heterocycles. The summed E-state index contributed by atoms with van der Waals surface area (Å²) >= 11 is 0. The highest BCUT2D eigenvalue weighted by Gasteiger charge is 2.27. The maximum Gasteiger partial charge on any atom is 0.132 e. The van der Waals surface area contributed by atoms with Gasteiger partial charge in [-0.05, 0) is 31.5 Å². The molecule has 1 aromatic heterocycles. The van der Waals surface area contributed by atoms with Crippen molar-refractivity contribution in [1.29, 1.82) is 5.41 Å². The third kappa shape index (κ3) is 4.58. The van der Waals surface area contributed by atoms with E-state index in [9.17, 15) is 5.11 Å². The van der Waals surface area contributed by atoms with Crippen LogP contribution in [0.3, 0.4) is 0 Å². The van der Waals surface area contributed by atoms with E-state index >= 15 is 0 Å². The van der Waals surface area contributed by atoms with E-state index in [1.54, 1.807) is 31.4 Å². The number of aliphatic hydroxyl groups excluding tert-OH is 1. The molecule has 2 atom stereocenters. The smallest absolute Gasteiger partial charge is 0.132 e. The molecule has 0 saturated carbocycles. The fraction of sp³-hybridized carbons (Fsp3) is 0.450. The van der Waals surface area contributed by atoms with Crippen LogP contribution in [-0.4, -0.2) is 60.3 Å². The maximum absolute atomic E-state index is 9.82. The fourth-order valence-electron chi connectivity index (χ4n) is 3.27. The van der Waals surface area contributed by atoms with Gasteiger partial charge >= 0.3 is 0 Å². The summed E-state index contributed by atoms with van der Waals surface area (Å²) < 4.78 is 10.6. The Kier molecular flexibility index (Phi) is 6.43. The van der Waals surface area contributed by atoms with Crippen molar-refractivity contribution in [3.05, 3.63) is 41.9 Å². The second kappa shape index (κ2) is 8.99. The summed E-state index contributed by atoms with van der Waals surface area (Å²) in [6, 6.07) is 7.04. The largest absolute Gasteiger partial charge is 0.491 e. The van der Waals surface area contributed by atoms with Gasteiger partial charge in [-0.2, -0.15) is 0 Å². The lowest BCUT2D eigenvalue weighted by Gasteiger charge is -2.19. The first-order chi connectivity index (χ1) is 13.5. The Morgan fingerprint density at radius 2 is 2.18 bits per heavy atom. The van der Waals surface area contributed by atoms with Gasteiger partial charge in [0.15, 0.2) is 0 Å². The highest BCUT2D eigenvalue weighted by Crippen LogP contribution is 2.26. The summed E-state index contributed by atoms with van der Waals surface area (Å²) in [5, 5.41) is 18.4. The van der Waals surface area contributed by atoms with Gasteiger partial charge in [-0.15, -0.1) is 0 Å². The second-order valence-electron chi connectivity index (χ2n) is 6.96. The van der Waals surface area contributed by atoms with E-state index in [4.69, 9.17) is 20.6 Å². The number of methoxy groups -OCH3 is 1. The molecule has 150 valence electrons. The van der Waals surface area contributed by atoms with Gasteiger partial charge in [0.05, 0.1) is 24.1 Å². The van der Waals surface area contributed by atoms with Crippen LogP contribution >= 0.6 is 0 Å². The van der Waals surface area contributed by atoms with E-state index in [0.29, 0.717) is 35.9 Å². The molecule has 0 radical (unpaired) electrons. The number of anilines is 2. The van der Waals surface area contributed by atoms with Gasteiger partial charge in [0.2, 0.25) is 0 Å². The minimum Gasteiger partial charge on any atom is -0.491 e. The zero-order valence-electron chi connectivity index (χ0n) is 16.3. The molecule has 28 heavy (non-hydrogen) atoms. The molecule has 1 saturated heterocycles. The van der Waals surface area contributed by atoms with Crippen LogP contribution in [0.2, 0.25) is 0 Å². The van der Waals surface area contributed by atoms with E-state index < -0.39 is 0 Å². The third-order valence-corrected chi connectivity index (χ3v) is 4.99. The standard InChI is InChI=1S/C20H27N5O3/c1-13(26)14-5-6-25(11-14)19-10-18(23-12-24-19)20(22)16-9-15(3-4-17(16)21)28-8-7-27-2/h3-4,9-10,12-14,22,26H,5-8,11,21H2,1-2H3. The first-order valence-electron chi connectivity index (χ1n) is 9.35. The number of nitrogens with two attached hydrogens (primary N) is 1. The molecule has 4 N–H and O–H groups in total. The SMILES string of the molecule is COCCOc1ccc(N)c(C(=N)c2cc(N3CCC(C(C)O)C3)ncn2)c1. The van der Waals surface area contributed by atoms with Crippen molar-refractivity contribution in [3.63, 3.8) is 0 Å². The average Bonchev–Trinajstić information content (AvgIpc) is 3.20. The van der Waals surface area contributed by atoms with E-state index in [1.165, 1.54) is 6.33 Å². The summed E-state index contributed by atoms with van der Waals surface area (Å²) in [5.74, 6) is 1.61. The van der Waals surface area contributed by atoms with Crippen LogP contribution in [0.5, 0.6) is 5.75 Å². The third-order valence-electron chi connectivity index (χ3n) is 4.99.